The summed E-state index contributed by atoms with van der Waals surface area (Å²) in [5, 5.41) is 31.1. The van der Waals surface area contributed by atoms with E-state index in [0.717, 1.165) is 4.68 Å². The van der Waals surface area contributed by atoms with Crippen molar-refractivity contribution in [2.45, 2.75) is 19.4 Å². The van der Waals surface area contributed by atoms with E-state index in [1.54, 1.807) is 54.6 Å². The third-order valence-corrected chi connectivity index (χ3v) is 5.81. The second kappa shape index (κ2) is 10.7. The van der Waals surface area contributed by atoms with E-state index in [2.05, 4.69) is 15.6 Å². The molecule has 36 heavy (non-hydrogen) atoms. The van der Waals surface area contributed by atoms with Crippen molar-refractivity contribution in [2.24, 2.45) is 5.92 Å². The molecular formula is C26H24N4O6. The number of aliphatic carboxylic acids is 1. The molecule has 0 spiro atoms. The first-order chi connectivity index (χ1) is 17.4. The van der Waals surface area contributed by atoms with E-state index < -0.39 is 17.8 Å². The third kappa shape index (κ3) is 5.49. The van der Waals surface area contributed by atoms with Crippen LogP contribution in [0.15, 0.2) is 71.5 Å². The van der Waals surface area contributed by atoms with Gasteiger partial charge < -0.3 is 20.3 Å². The van der Waals surface area contributed by atoms with Gasteiger partial charge in [-0.2, -0.15) is 0 Å². The standard InChI is InChI=1S/C26H24N4O6/c1-36-19-9-7-17(8-10-19)24(32)27-22-11-6-16(15-23(22)31)14-18(26(34)35)12-13-30-25(33)20-4-2-3-5-21(20)28-29-30/h2-11,15,18,31H,12-14H2,1H3,(H,27,32)(H,34,35)/t18-/m1/s1. The predicted octanol–water partition coefficient (Wildman–Crippen LogP) is 3.09. The number of aryl methyl sites for hydroxylation is 1. The SMILES string of the molecule is COc1ccc(C(=O)Nc2ccc(C[C@@H](CCn3nnc4ccccc4c3=O)C(=O)O)cc2O)cc1. The molecule has 0 bridgehead atoms. The van der Waals surface area contributed by atoms with Gasteiger partial charge in [-0.25, -0.2) is 4.68 Å². The number of aromatic hydroxyl groups is 1. The van der Waals surface area contributed by atoms with Gasteiger partial charge in [0.05, 0.1) is 24.1 Å². The van der Waals surface area contributed by atoms with Crippen LogP contribution in [-0.4, -0.2) is 44.2 Å². The molecule has 4 rings (SSSR count). The van der Waals surface area contributed by atoms with Gasteiger partial charge in [-0.15, -0.1) is 5.10 Å². The fourth-order valence-electron chi connectivity index (χ4n) is 3.79. The fraction of sp³-hybridized carbons (Fsp3) is 0.192. The number of phenols is 1. The summed E-state index contributed by atoms with van der Waals surface area (Å²) in [6, 6.07) is 17.9. The number of carbonyl (C=O) groups excluding carboxylic acids is 1. The van der Waals surface area contributed by atoms with Crippen LogP contribution in [0.25, 0.3) is 10.9 Å². The average Bonchev–Trinajstić information content (AvgIpc) is 2.89. The van der Waals surface area contributed by atoms with Gasteiger partial charge in [0.2, 0.25) is 0 Å². The number of fused-ring (bicyclic) bond motifs is 1. The maximum absolute atomic E-state index is 12.6. The number of ether oxygens (including phenoxy) is 1. The number of phenolic OH excluding ortho intramolecular Hbond substituents is 1. The third-order valence-electron chi connectivity index (χ3n) is 5.81. The highest BCUT2D eigenvalue weighted by Crippen LogP contribution is 2.27. The number of carboxylic acids is 1. The lowest BCUT2D eigenvalue weighted by atomic mass is 9.96. The van der Waals surface area contributed by atoms with Crippen molar-refractivity contribution in [3.63, 3.8) is 0 Å². The molecule has 1 aromatic heterocycles. The van der Waals surface area contributed by atoms with Crippen LogP contribution in [0, 0.1) is 5.92 Å². The number of hydrogen-bond donors (Lipinski definition) is 3. The number of amides is 1. The summed E-state index contributed by atoms with van der Waals surface area (Å²) in [4.78, 5) is 37.0. The van der Waals surface area contributed by atoms with Crippen LogP contribution in [0.3, 0.4) is 0 Å². The molecule has 0 aliphatic heterocycles. The lowest BCUT2D eigenvalue weighted by molar-refractivity contribution is -0.142. The fourth-order valence-corrected chi connectivity index (χ4v) is 3.79. The van der Waals surface area contributed by atoms with Gasteiger partial charge in [0, 0.05) is 12.1 Å². The number of carboxylic acid groups (broad SMARTS) is 1. The molecule has 10 heteroatoms. The van der Waals surface area contributed by atoms with Crippen LogP contribution in [0.1, 0.15) is 22.3 Å². The molecule has 0 radical (unpaired) electrons. The Hall–Kier alpha value is -4.73. The van der Waals surface area contributed by atoms with Crippen LogP contribution in [0.5, 0.6) is 11.5 Å². The van der Waals surface area contributed by atoms with Gasteiger partial charge in [-0.3, -0.25) is 14.4 Å². The Kier molecular flexibility index (Phi) is 7.24. The maximum Gasteiger partial charge on any atom is 0.306 e. The van der Waals surface area contributed by atoms with Crippen LogP contribution < -0.4 is 15.6 Å². The number of methoxy groups -OCH3 is 1. The summed E-state index contributed by atoms with van der Waals surface area (Å²) in [6.45, 7) is 0.0790. The Balaban J connectivity index is 1.42. The van der Waals surface area contributed by atoms with E-state index in [1.807, 2.05) is 0 Å². The van der Waals surface area contributed by atoms with Crippen molar-refractivity contribution in [1.82, 2.24) is 15.0 Å². The van der Waals surface area contributed by atoms with E-state index in [-0.39, 0.29) is 36.4 Å². The Bertz CT molecular complexity index is 1470. The van der Waals surface area contributed by atoms with Gasteiger partial charge in [-0.05, 0) is 66.9 Å². The number of benzene rings is 3. The molecule has 1 atom stereocenters. The number of anilines is 1. The highest BCUT2D eigenvalue weighted by molar-refractivity contribution is 6.05. The predicted molar refractivity (Wildman–Crippen MR) is 132 cm³/mol. The van der Waals surface area contributed by atoms with Crippen molar-refractivity contribution >= 4 is 28.5 Å². The minimum atomic E-state index is -1.03. The monoisotopic (exact) mass is 488 g/mol. The molecule has 184 valence electrons. The topological polar surface area (TPSA) is 144 Å². The van der Waals surface area contributed by atoms with Crippen molar-refractivity contribution in [3.05, 3.63) is 88.2 Å². The van der Waals surface area contributed by atoms with Gasteiger partial charge in [-0.1, -0.05) is 23.4 Å². The first-order valence-corrected chi connectivity index (χ1v) is 11.2. The highest BCUT2D eigenvalue weighted by atomic mass is 16.5. The van der Waals surface area contributed by atoms with Crippen molar-refractivity contribution in [3.8, 4) is 11.5 Å². The molecule has 0 aliphatic rings. The second-order valence-corrected chi connectivity index (χ2v) is 8.20. The van der Waals surface area contributed by atoms with E-state index in [4.69, 9.17) is 4.74 Å². The van der Waals surface area contributed by atoms with Crippen LogP contribution >= 0.6 is 0 Å². The zero-order valence-electron chi connectivity index (χ0n) is 19.4. The molecule has 3 aromatic carbocycles. The summed E-state index contributed by atoms with van der Waals surface area (Å²) in [7, 11) is 1.53. The molecule has 4 aromatic rings. The lowest BCUT2D eigenvalue weighted by Gasteiger charge is -2.14. The first kappa shape index (κ1) is 24.4. The number of nitrogens with one attached hydrogen (secondary N) is 1. The molecule has 0 saturated heterocycles. The van der Waals surface area contributed by atoms with Crippen molar-refractivity contribution in [2.75, 3.05) is 12.4 Å². The number of aromatic nitrogens is 3. The van der Waals surface area contributed by atoms with Crippen molar-refractivity contribution < 1.29 is 24.5 Å². The smallest absolute Gasteiger partial charge is 0.306 e. The summed E-state index contributed by atoms with van der Waals surface area (Å²) in [5.41, 5.74) is 1.29. The van der Waals surface area contributed by atoms with Crippen molar-refractivity contribution in [1.29, 1.82) is 0 Å². The minimum absolute atomic E-state index is 0.0790. The summed E-state index contributed by atoms with van der Waals surface area (Å²) in [5.74, 6) is -1.84. The molecule has 0 saturated carbocycles. The Morgan fingerprint density at radius 2 is 1.83 bits per heavy atom. The van der Waals surface area contributed by atoms with Crippen LogP contribution in [0.2, 0.25) is 0 Å². The molecule has 10 nitrogen and oxygen atoms in total. The van der Waals surface area contributed by atoms with Crippen LogP contribution in [0.4, 0.5) is 5.69 Å². The first-order valence-electron chi connectivity index (χ1n) is 11.2. The molecule has 3 N–H and O–H groups in total. The van der Waals surface area contributed by atoms with E-state index in [0.29, 0.717) is 27.8 Å². The number of carbonyl (C=O) groups is 2. The highest BCUT2D eigenvalue weighted by Gasteiger charge is 2.20. The molecular weight excluding hydrogens is 464 g/mol. The van der Waals surface area contributed by atoms with Gasteiger partial charge in [0.15, 0.2) is 0 Å². The summed E-state index contributed by atoms with van der Waals surface area (Å²) >= 11 is 0. The zero-order chi connectivity index (χ0) is 25.7. The van der Waals surface area contributed by atoms with Gasteiger partial charge in [0.25, 0.3) is 11.5 Å². The normalized spacial score (nSPS) is 11.7. The molecule has 0 aliphatic carbocycles. The largest absolute Gasteiger partial charge is 0.506 e. The van der Waals surface area contributed by atoms with Crippen LogP contribution in [-0.2, 0) is 17.8 Å². The summed E-state index contributed by atoms with van der Waals surface area (Å²) < 4.78 is 6.24. The van der Waals surface area contributed by atoms with Gasteiger partial charge in [0.1, 0.15) is 17.0 Å². The Morgan fingerprint density at radius 3 is 2.53 bits per heavy atom. The quantitative estimate of drug-likeness (QED) is 0.305. The summed E-state index contributed by atoms with van der Waals surface area (Å²) in [6.07, 6.45) is 0.254. The number of nitrogens with zero attached hydrogens (tertiary/aromatic N) is 3. The maximum atomic E-state index is 12.6. The number of rotatable bonds is 9. The molecule has 1 amide bonds. The van der Waals surface area contributed by atoms with E-state index in [9.17, 15) is 24.6 Å². The lowest BCUT2D eigenvalue weighted by Crippen LogP contribution is -2.27. The van der Waals surface area contributed by atoms with Gasteiger partial charge >= 0.3 is 5.97 Å². The Labute approximate surface area is 205 Å². The zero-order valence-corrected chi connectivity index (χ0v) is 19.4. The number of hydrogen-bond acceptors (Lipinski definition) is 7. The second-order valence-electron chi connectivity index (χ2n) is 8.20. The molecule has 0 fully saturated rings. The molecule has 1 heterocycles. The molecule has 0 unspecified atom stereocenters. The Morgan fingerprint density at radius 1 is 1.08 bits per heavy atom. The van der Waals surface area contributed by atoms with E-state index in [1.165, 1.54) is 19.2 Å². The minimum Gasteiger partial charge on any atom is -0.506 e. The van der Waals surface area contributed by atoms with E-state index >= 15 is 0 Å². The average molecular weight is 489 g/mol.